The molecule has 122 valence electrons. The third-order valence-electron chi connectivity index (χ3n) is 2.18. The van der Waals surface area contributed by atoms with Gasteiger partial charge in [-0.25, -0.2) is 9.18 Å². The minimum Gasteiger partial charge on any atom is -0.366 e. The molecule has 0 atom stereocenters. The second-order valence-corrected chi connectivity index (χ2v) is 5.58. The second kappa shape index (κ2) is 8.20. The Morgan fingerprint density at radius 3 is 2.48 bits per heavy atom. The van der Waals surface area contributed by atoms with Crippen molar-refractivity contribution in [3.8, 4) is 0 Å². The maximum atomic E-state index is 13.6. The van der Waals surface area contributed by atoms with E-state index in [2.05, 4.69) is 17.2 Å². The minimum absolute atomic E-state index is 0.00405. The van der Waals surface area contributed by atoms with Gasteiger partial charge in [-0.3, -0.25) is 9.59 Å². The smallest absolute Gasteiger partial charge is 0.317 e. The van der Waals surface area contributed by atoms with Gasteiger partial charge in [0.05, 0.1) is 15.6 Å². The lowest BCUT2D eigenvalue weighted by Gasteiger charge is -2.11. The van der Waals surface area contributed by atoms with Crippen LogP contribution in [-0.4, -0.2) is 17.8 Å². The zero-order valence-electron chi connectivity index (χ0n) is 11.6. The van der Waals surface area contributed by atoms with E-state index in [-0.39, 0.29) is 20.6 Å². The first kappa shape index (κ1) is 18.5. The summed E-state index contributed by atoms with van der Waals surface area (Å²) < 4.78 is 13.6. The summed E-state index contributed by atoms with van der Waals surface area (Å²) in [7, 11) is 0. The van der Waals surface area contributed by atoms with Crippen LogP contribution >= 0.6 is 23.4 Å². The van der Waals surface area contributed by atoms with Crippen molar-refractivity contribution in [2.24, 2.45) is 11.5 Å². The molecule has 1 aromatic carbocycles. The Morgan fingerprint density at radius 1 is 1.26 bits per heavy atom. The topological polar surface area (TPSA) is 127 Å². The van der Waals surface area contributed by atoms with Gasteiger partial charge in [0.1, 0.15) is 5.82 Å². The predicted molar refractivity (Wildman–Crippen MR) is 85.6 cm³/mol. The lowest BCUT2D eigenvalue weighted by atomic mass is 10.2. The number of halogens is 2. The highest BCUT2D eigenvalue weighted by Gasteiger charge is 2.14. The van der Waals surface area contributed by atoms with Crippen LogP contribution in [0.5, 0.6) is 0 Å². The van der Waals surface area contributed by atoms with Crippen LogP contribution in [0.25, 0.3) is 0 Å². The van der Waals surface area contributed by atoms with Crippen LogP contribution in [0.15, 0.2) is 40.9 Å². The van der Waals surface area contributed by atoms with Crippen molar-refractivity contribution < 1.29 is 18.8 Å². The molecule has 0 heterocycles. The zero-order chi connectivity index (χ0) is 17.6. The zero-order valence-corrected chi connectivity index (χ0v) is 13.1. The molecule has 0 spiro atoms. The summed E-state index contributed by atoms with van der Waals surface area (Å²) in [5, 5.41) is 4.54. The molecule has 0 unspecified atom stereocenters. The number of hydrogen-bond donors (Lipinski definition) is 4. The van der Waals surface area contributed by atoms with Crippen LogP contribution in [-0.2, 0) is 4.79 Å². The number of rotatable bonds is 6. The first-order chi connectivity index (χ1) is 10.7. The van der Waals surface area contributed by atoms with Crippen LogP contribution in [0.3, 0.4) is 0 Å². The third-order valence-corrected chi connectivity index (χ3v) is 3.20. The van der Waals surface area contributed by atoms with Crippen LogP contribution in [0.4, 0.5) is 9.18 Å². The molecule has 7 nitrogen and oxygen atoms in total. The van der Waals surface area contributed by atoms with Gasteiger partial charge >= 0.3 is 6.03 Å². The standard InChI is InChI=1S/C13H12ClFN4O3S/c1-6(23-11(5-10(16)20)19-13(17)22)18-12(21)8-4-7(14)2-3-9(8)15/h2-5H,1H2,(H2,16,20)(H,18,21)(H3,17,19,22)/b11-5+. The van der Waals surface area contributed by atoms with E-state index in [9.17, 15) is 18.8 Å². The average Bonchev–Trinajstić information content (AvgIpc) is 2.39. The summed E-state index contributed by atoms with van der Waals surface area (Å²) in [5.74, 6) is -2.42. The number of benzene rings is 1. The number of urea groups is 1. The SMILES string of the molecule is C=C(NC(=O)c1cc(Cl)ccc1F)S/C(=C/C(N)=O)NC(N)=O. The summed E-state index contributed by atoms with van der Waals surface area (Å²) in [5.41, 5.74) is 9.62. The molecule has 0 aromatic heterocycles. The molecule has 0 aliphatic rings. The summed E-state index contributed by atoms with van der Waals surface area (Å²) in [6, 6.07) is 2.54. The second-order valence-electron chi connectivity index (χ2n) is 4.00. The normalized spacial score (nSPS) is 10.8. The Morgan fingerprint density at radius 2 is 1.91 bits per heavy atom. The highest BCUT2D eigenvalue weighted by atomic mass is 35.5. The summed E-state index contributed by atoms with van der Waals surface area (Å²) in [6.07, 6.45) is 0.882. The van der Waals surface area contributed by atoms with Crippen molar-refractivity contribution in [1.82, 2.24) is 10.6 Å². The van der Waals surface area contributed by atoms with Crippen molar-refractivity contribution >= 4 is 41.2 Å². The lowest BCUT2D eigenvalue weighted by Crippen LogP contribution is -2.29. The Bertz CT molecular complexity index is 708. The largest absolute Gasteiger partial charge is 0.366 e. The van der Waals surface area contributed by atoms with Crippen molar-refractivity contribution in [1.29, 1.82) is 0 Å². The van der Waals surface area contributed by atoms with E-state index in [1.54, 1.807) is 0 Å². The summed E-state index contributed by atoms with van der Waals surface area (Å²) >= 11 is 6.40. The van der Waals surface area contributed by atoms with E-state index >= 15 is 0 Å². The fourth-order valence-electron chi connectivity index (χ4n) is 1.37. The van der Waals surface area contributed by atoms with Gasteiger partial charge in [-0.2, -0.15) is 0 Å². The molecule has 4 amide bonds. The number of carbonyl (C=O) groups is 3. The maximum absolute atomic E-state index is 13.6. The average molecular weight is 359 g/mol. The number of thioether (sulfide) groups is 1. The van der Waals surface area contributed by atoms with Gasteiger partial charge in [0.25, 0.3) is 5.91 Å². The summed E-state index contributed by atoms with van der Waals surface area (Å²) in [4.78, 5) is 33.6. The number of nitrogens with one attached hydrogen (secondary N) is 2. The van der Waals surface area contributed by atoms with Crippen LogP contribution in [0, 0.1) is 5.82 Å². The fraction of sp³-hybridized carbons (Fsp3) is 0. The first-order valence-electron chi connectivity index (χ1n) is 5.89. The van der Waals surface area contributed by atoms with Crippen molar-refractivity contribution in [2.45, 2.75) is 0 Å². The van der Waals surface area contributed by atoms with Crippen LogP contribution in [0.1, 0.15) is 10.4 Å². The van der Waals surface area contributed by atoms with Gasteiger partial charge in [-0.1, -0.05) is 29.9 Å². The molecular formula is C13H12ClFN4O3S. The Labute approximate surface area is 139 Å². The number of nitrogens with two attached hydrogens (primary N) is 2. The van der Waals surface area contributed by atoms with Gasteiger partial charge in [-0.15, -0.1) is 0 Å². The molecule has 10 heteroatoms. The highest BCUT2D eigenvalue weighted by molar-refractivity contribution is 8.06. The van der Waals surface area contributed by atoms with E-state index in [1.807, 2.05) is 0 Å². The van der Waals surface area contributed by atoms with E-state index in [0.29, 0.717) is 11.8 Å². The molecule has 0 fully saturated rings. The number of hydrogen-bond acceptors (Lipinski definition) is 4. The molecular weight excluding hydrogens is 347 g/mol. The molecule has 0 aliphatic heterocycles. The Kier molecular flexibility index (Phi) is 6.61. The van der Waals surface area contributed by atoms with Gasteiger partial charge in [0, 0.05) is 11.1 Å². The van der Waals surface area contributed by atoms with Gasteiger partial charge in [0.15, 0.2) is 0 Å². The molecule has 0 bridgehead atoms. The minimum atomic E-state index is -0.940. The van der Waals surface area contributed by atoms with E-state index in [4.69, 9.17) is 23.1 Å². The van der Waals surface area contributed by atoms with Gasteiger partial charge in [0.2, 0.25) is 5.91 Å². The molecule has 23 heavy (non-hydrogen) atoms. The van der Waals surface area contributed by atoms with E-state index < -0.39 is 23.7 Å². The van der Waals surface area contributed by atoms with Crippen molar-refractivity contribution in [3.63, 3.8) is 0 Å². The molecule has 0 radical (unpaired) electrons. The lowest BCUT2D eigenvalue weighted by molar-refractivity contribution is -0.113. The Hall–Kier alpha value is -2.52. The number of carbonyl (C=O) groups excluding carboxylic acids is 3. The molecule has 0 saturated heterocycles. The monoisotopic (exact) mass is 358 g/mol. The van der Waals surface area contributed by atoms with E-state index in [0.717, 1.165) is 18.2 Å². The fourth-order valence-corrected chi connectivity index (χ4v) is 2.27. The van der Waals surface area contributed by atoms with Crippen LogP contribution < -0.4 is 22.1 Å². The first-order valence-corrected chi connectivity index (χ1v) is 7.09. The molecule has 6 N–H and O–H groups in total. The highest BCUT2D eigenvalue weighted by Crippen LogP contribution is 2.21. The van der Waals surface area contributed by atoms with Crippen molar-refractivity contribution in [2.75, 3.05) is 0 Å². The molecule has 1 rings (SSSR count). The molecule has 0 aliphatic carbocycles. The predicted octanol–water partition coefficient (Wildman–Crippen LogP) is 1.41. The number of primary amides is 2. The third kappa shape index (κ3) is 6.41. The van der Waals surface area contributed by atoms with Gasteiger partial charge < -0.3 is 22.1 Å². The van der Waals surface area contributed by atoms with Crippen LogP contribution in [0.2, 0.25) is 5.02 Å². The number of amides is 4. The molecule has 0 saturated carbocycles. The van der Waals surface area contributed by atoms with E-state index in [1.165, 1.54) is 6.07 Å². The molecule has 1 aromatic rings. The summed E-state index contributed by atoms with van der Waals surface area (Å²) in [6.45, 7) is 3.52. The van der Waals surface area contributed by atoms with Crippen molar-refractivity contribution in [3.05, 3.63) is 57.3 Å². The Balaban J connectivity index is 2.81. The van der Waals surface area contributed by atoms with Gasteiger partial charge in [-0.05, 0) is 18.2 Å². The quantitative estimate of drug-likeness (QED) is 0.573. The maximum Gasteiger partial charge on any atom is 0.317 e.